The number of aromatic nitrogens is 2. The maximum atomic E-state index is 4.75. The number of guanidine groups is 1. The van der Waals surface area contributed by atoms with E-state index in [2.05, 4.69) is 87.5 Å². The van der Waals surface area contributed by atoms with Gasteiger partial charge in [-0.05, 0) is 52.3 Å². The molecular formula is C25H41N7. The molecule has 2 aromatic rings. The van der Waals surface area contributed by atoms with Gasteiger partial charge in [-0.2, -0.15) is 5.10 Å². The van der Waals surface area contributed by atoms with Crippen LogP contribution in [0.1, 0.15) is 42.8 Å². The third-order valence-electron chi connectivity index (χ3n) is 6.04. The molecule has 3 rings (SSSR count). The summed E-state index contributed by atoms with van der Waals surface area (Å²) in [5, 5.41) is 11.4. The predicted octanol–water partition coefficient (Wildman–Crippen LogP) is 2.82. The SMILES string of the molecule is CCNC(=NCCCn1nc(C)cc1C)NCCCN1CCN(C)CC1c1ccccc1. The van der Waals surface area contributed by atoms with Gasteiger partial charge >= 0.3 is 0 Å². The Morgan fingerprint density at radius 3 is 2.62 bits per heavy atom. The third kappa shape index (κ3) is 7.35. The number of aryl methyl sites for hydroxylation is 3. The van der Waals surface area contributed by atoms with Crippen molar-refractivity contribution >= 4 is 5.96 Å². The summed E-state index contributed by atoms with van der Waals surface area (Å²) in [6.07, 6.45) is 2.09. The molecule has 0 aliphatic carbocycles. The van der Waals surface area contributed by atoms with E-state index in [9.17, 15) is 0 Å². The molecule has 1 aromatic heterocycles. The number of benzene rings is 1. The van der Waals surface area contributed by atoms with Crippen molar-refractivity contribution in [3.05, 3.63) is 53.3 Å². The third-order valence-corrected chi connectivity index (χ3v) is 6.04. The first kappa shape index (κ1) is 24.3. The Hall–Kier alpha value is -2.38. The highest BCUT2D eigenvalue weighted by Crippen LogP contribution is 2.24. The molecule has 7 heteroatoms. The van der Waals surface area contributed by atoms with Crippen LogP contribution in [0.2, 0.25) is 0 Å². The summed E-state index contributed by atoms with van der Waals surface area (Å²) < 4.78 is 2.07. The van der Waals surface area contributed by atoms with Gasteiger partial charge in [-0.3, -0.25) is 14.6 Å². The Labute approximate surface area is 193 Å². The number of aliphatic imine (C=N–C) groups is 1. The van der Waals surface area contributed by atoms with E-state index in [1.807, 2.05) is 6.92 Å². The average molecular weight is 440 g/mol. The van der Waals surface area contributed by atoms with E-state index in [4.69, 9.17) is 4.99 Å². The van der Waals surface area contributed by atoms with Crippen LogP contribution in [0, 0.1) is 13.8 Å². The van der Waals surface area contributed by atoms with Crippen molar-refractivity contribution in [1.82, 2.24) is 30.2 Å². The number of likely N-dealkylation sites (N-methyl/N-ethyl adjacent to an activating group) is 1. The largest absolute Gasteiger partial charge is 0.357 e. The van der Waals surface area contributed by atoms with Crippen LogP contribution >= 0.6 is 0 Å². The molecule has 1 aromatic carbocycles. The topological polar surface area (TPSA) is 60.7 Å². The fraction of sp³-hybridized carbons (Fsp3) is 0.600. The van der Waals surface area contributed by atoms with Crippen LogP contribution in [-0.4, -0.2) is 78.4 Å². The number of nitrogens with zero attached hydrogens (tertiary/aromatic N) is 5. The molecule has 2 N–H and O–H groups in total. The van der Waals surface area contributed by atoms with E-state index in [1.165, 1.54) is 11.3 Å². The number of piperazine rings is 1. The lowest BCUT2D eigenvalue weighted by molar-refractivity contribution is 0.0891. The predicted molar refractivity (Wildman–Crippen MR) is 133 cm³/mol. The summed E-state index contributed by atoms with van der Waals surface area (Å²) >= 11 is 0. The summed E-state index contributed by atoms with van der Waals surface area (Å²) in [4.78, 5) is 9.83. The Bertz CT molecular complexity index is 830. The minimum absolute atomic E-state index is 0.478. The Balaban J connectivity index is 1.43. The molecule has 0 spiro atoms. The molecule has 176 valence electrons. The van der Waals surface area contributed by atoms with Crippen molar-refractivity contribution in [2.24, 2.45) is 4.99 Å². The highest BCUT2D eigenvalue weighted by atomic mass is 15.3. The lowest BCUT2D eigenvalue weighted by Crippen LogP contribution is -2.47. The molecule has 1 atom stereocenters. The summed E-state index contributed by atoms with van der Waals surface area (Å²) in [5.41, 5.74) is 3.72. The molecule has 0 radical (unpaired) electrons. The van der Waals surface area contributed by atoms with E-state index in [0.29, 0.717) is 6.04 Å². The van der Waals surface area contributed by atoms with E-state index in [0.717, 1.165) is 76.9 Å². The summed E-state index contributed by atoms with van der Waals surface area (Å²) in [7, 11) is 2.23. The summed E-state index contributed by atoms with van der Waals surface area (Å²) in [5.74, 6) is 0.916. The first-order valence-corrected chi connectivity index (χ1v) is 12.1. The van der Waals surface area contributed by atoms with Crippen molar-refractivity contribution in [3.63, 3.8) is 0 Å². The quantitative estimate of drug-likeness (QED) is 0.339. The van der Waals surface area contributed by atoms with Crippen molar-refractivity contribution < 1.29 is 0 Å². The zero-order chi connectivity index (χ0) is 22.8. The first-order valence-electron chi connectivity index (χ1n) is 12.1. The number of rotatable bonds is 10. The van der Waals surface area contributed by atoms with Gasteiger partial charge in [0.25, 0.3) is 0 Å². The molecular weight excluding hydrogens is 398 g/mol. The molecule has 0 bridgehead atoms. The standard InChI is InChI=1S/C25H41N7/c1-5-26-25(28-14-10-16-32-22(3)19-21(2)29-32)27-13-9-15-31-18-17-30(4)20-24(31)23-11-7-6-8-12-23/h6-8,11-12,19,24H,5,9-10,13-18,20H2,1-4H3,(H2,26,27,28). The Morgan fingerprint density at radius 1 is 1.09 bits per heavy atom. The fourth-order valence-corrected chi connectivity index (χ4v) is 4.36. The molecule has 1 aliphatic heterocycles. The number of hydrogen-bond acceptors (Lipinski definition) is 4. The van der Waals surface area contributed by atoms with Gasteiger partial charge in [0, 0.05) is 64.1 Å². The number of nitrogens with one attached hydrogen (secondary N) is 2. The van der Waals surface area contributed by atoms with Crippen molar-refractivity contribution in [3.8, 4) is 0 Å². The second kappa shape index (κ2) is 12.6. The van der Waals surface area contributed by atoms with Crippen molar-refractivity contribution in [2.45, 2.75) is 46.2 Å². The zero-order valence-electron chi connectivity index (χ0n) is 20.3. The molecule has 1 saturated heterocycles. The van der Waals surface area contributed by atoms with Gasteiger partial charge in [-0.25, -0.2) is 0 Å². The van der Waals surface area contributed by atoms with E-state index >= 15 is 0 Å². The van der Waals surface area contributed by atoms with Gasteiger partial charge in [-0.15, -0.1) is 0 Å². The van der Waals surface area contributed by atoms with Gasteiger partial charge in [0.2, 0.25) is 0 Å². The lowest BCUT2D eigenvalue weighted by Gasteiger charge is -2.40. The Morgan fingerprint density at radius 2 is 1.91 bits per heavy atom. The van der Waals surface area contributed by atoms with E-state index in [1.54, 1.807) is 0 Å². The van der Waals surface area contributed by atoms with E-state index < -0.39 is 0 Å². The normalized spacial score (nSPS) is 18.1. The fourth-order valence-electron chi connectivity index (χ4n) is 4.36. The lowest BCUT2D eigenvalue weighted by atomic mass is 10.0. The molecule has 0 amide bonds. The molecule has 1 aliphatic rings. The zero-order valence-corrected chi connectivity index (χ0v) is 20.3. The van der Waals surface area contributed by atoms with Crippen LogP contribution in [-0.2, 0) is 6.54 Å². The van der Waals surface area contributed by atoms with Gasteiger partial charge in [0.05, 0.1) is 5.69 Å². The summed E-state index contributed by atoms with van der Waals surface area (Å²) in [6.45, 7) is 14.2. The van der Waals surface area contributed by atoms with Crippen LogP contribution in [0.25, 0.3) is 0 Å². The average Bonchev–Trinajstić information content (AvgIpc) is 3.12. The minimum Gasteiger partial charge on any atom is -0.357 e. The van der Waals surface area contributed by atoms with Gasteiger partial charge in [0.15, 0.2) is 5.96 Å². The van der Waals surface area contributed by atoms with Gasteiger partial charge in [0.1, 0.15) is 0 Å². The first-order chi connectivity index (χ1) is 15.6. The molecule has 32 heavy (non-hydrogen) atoms. The molecule has 7 nitrogen and oxygen atoms in total. The second-order valence-electron chi connectivity index (χ2n) is 8.77. The van der Waals surface area contributed by atoms with Gasteiger partial charge in [-0.1, -0.05) is 30.3 Å². The molecule has 1 fully saturated rings. The smallest absolute Gasteiger partial charge is 0.191 e. The van der Waals surface area contributed by atoms with Crippen LogP contribution in [0.5, 0.6) is 0 Å². The van der Waals surface area contributed by atoms with E-state index in [-0.39, 0.29) is 0 Å². The van der Waals surface area contributed by atoms with Gasteiger partial charge < -0.3 is 15.5 Å². The van der Waals surface area contributed by atoms with Crippen LogP contribution in [0.15, 0.2) is 41.4 Å². The number of hydrogen-bond donors (Lipinski definition) is 2. The highest BCUT2D eigenvalue weighted by molar-refractivity contribution is 5.79. The van der Waals surface area contributed by atoms with Crippen LogP contribution in [0.3, 0.4) is 0 Å². The van der Waals surface area contributed by atoms with Crippen molar-refractivity contribution in [1.29, 1.82) is 0 Å². The van der Waals surface area contributed by atoms with Crippen molar-refractivity contribution in [2.75, 3.05) is 52.9 Å². The monoisotopic (exact) mass is 439 g/mol. The Kier molecular flexibility index (Phi) is 9.56. The van der Waals surface area contributed by atoms with Crippen LogP contribution in [0.4, 0.5) is 0 Å². The molecule has 1 unspecified atom stereocenters. The minimum atomic E-state index is 0.478. The maximum Gasteiger partial charge on any atom is 0.191 e. The molecule has 2 heterocycles. The highest BCUT2D eigenvalue weighted by Gasteiger charge is 2.25. The summed E-state index contributed by atoms with van der Waals surface area (Å²) in [6, 6.07) is 13.5. The molecule has 0 saturated carbocycles. The maximum absolute atomic E-state index is 4.75. The second-order valence-corrected chi connectivity index (χ2v) is 8.77. The van der Waals surface area contributed by atoms with Crippen LogP contribution < -0.4 is 10.6 Å².